The minimum Gasteiger partial charge on any atom is -0.465 e. The Bertz CT molecular complexity index is 455. The molecule has 0 aliphatic carbocycles. The number of benzene rings is 1. The third kappa shape index (κ3) is 3.61. The van der Waals surface area contributed by atoms with Gasteiger partial charge in [0.2, 0.25) is 0 Å². The summed E-state index contributed by atoms with van der Waals surface area (Å²) in [6, 6.07) is 5.48. The number of esters is 1. The van der Waals surface area contributed by atoms with Gasteiger partial charge in [0, 0.05) is 18.5 Å². The third-order valence-electron chi connectivity index (χ3n) is 2.46. The molecule has 1 aromatic carbocycles. The van der Waals surface area contributed by atoms with E-state index >= 15 is 0 Å². The fraction of sp³-hybridized carbons (Fsp3) is 0.357. The first-order valence-corrected chi connectivity index (χ1v) is 5.52. The molecule has 90 valence electrons. The smallest absolute Gasteiger partial charge is 0.338 e. The molecular formula is C14H17NO2. The van der Waals surface area contributed by atoms with Crippen LogP contribution in [0.4, 0.5) is 0 Å². The van der Waals surface area contributed by atoms with Crippen LogP contribution in [0.15, 0.2) is 18.2 Å². The highest BCUT2D eigenvalue weighted by Crippen LogP contribution is 2.13. The summed E-state index contributed by atoms with van der Waals surface area (Å²) < 4.78 is 4.72. The van der Waals surface area contributed by atoms with E-state index in [2.05, 4.69) is 17.2 Å². The van der Waals surface area contributed by atoms with Crippen molar-refractivity contribution in [2.75, 3.05) is 20.7 Å². The minimum absolute atomic E-state index is 0.318. The van der Waals surface area contributed by atoms with Crippen molar-refractivity contribution in [3.05, 3.63) is 34.9 Å². The highest BCUT2D eigenvalue weighted by Gasteiger charge is 2.10. The zero-order valence-electron chi connectivity index (χ0n) is 10.5. The molecule has 0 saturated heterocycles. The lowest BCUT2D eigenvalue weighted by Gasteiger charge is -2.05. The van der Waals surface area contributed by atoms with Crippen molar-refractivity contribution >= 4 is 5.97 Å². The second-order valence-electron chi connectivity index (χ2n) is 3.63. The summed E-state index contributed by atoms with van der Waals surface area (Å²) in [6.45, 7) is 2.75. The number of carbonyl (C=O) groups is 1. The Morgan fingerprint density at radius 1 is 1.47 bits per heavy atom. The van der Waals surface area contributed by atoms with Gasteiger partial charge in [0.05, 0.1) is 12.7 Å². The third-order valence-corrected chi connectivity index (χ3v) is 2.46. The van der Waals surface area contributed by atoms with Gasteiger partial charge in [-0.15, -0.1) is 0 Å². The van der Waals surface area contributed by atoms with E-state index in [9.17, 15) is 4.79 Å². The van der Waals surface area contributed by atoms with E-state index in [-0.39, 0.29) is 5.97 Å². The molecule has 0 bridgehead atoms. The molecule has 1 rings (SSSR count). The van der Waals surface area contributed by atoms with Crippen molar-refractivity contribution < 1.29 is 9.53 Å². The lowest BCUT2D eigenvalue weighted by molar-refractivity contribution is 0.0600. The Hall–Kier alpha value is -1.79. The monoisotopic (exact) mass is 231 g/mol. The number of nitrogens with one attached hydrogen (secondary N) is 1. The molecule has 3 heteroatoms. The zero-order valence-corrected chi connectivity index (χ0v) is 10.5. The van der Waals surface area contributed by atoms with Crippen LogP contribution >= 0.6 is 0 Å². The topological polar surface area (TPSA) is 38.3 Å². The Balaban J connectivity index is 2.93. The number of ether oxygens (including phenoxy) is 1. The summed E-state index contributed by atoms with van der Waals surface area (Å²) in [5, 5.41) is 3.03. The standard InChI is InChI=1S/C14H17NO2/c1-11-12(7-4-5-10-15-2)8-6-9-13(11)14(16)17-3/h6,8-9,15H,5,10H2,1-3H3. The molecule has 0 unspecified atom stereocenters. The first-order chi connectivity index (χ1) is 8.20. The molecule has 0 amide bonds. The van der Waals surface area contributed by atoms with Crippen molar-refractivity contribution in [2.45, 2.75) is 13.3 Å². The Kier molecular flexibility index (Phi) is 5.25. The molecule has 0 fully saturated rings. The number of rotatable bonds is 3. The first kappa shape index (κ1) is 13.3. The highest BCUT2D eigenvalue weighted by molar-refractivity contribution is 5.91. The van der Waals surface area contributed by atoms with Crippen LogP contribution in [0.25, 0.3) is 0 Å². The molecule has 0 aliphatic rings. The summed E-state index contributed by atoms with van der Waals surface area (Å²) >= 11 is 0. The fourth-order valence-electron chi connectivity index (χ4n) is 1.45. The molecule has 0 heterocycles. The van der Waals surface area contributed by atoms with Crippen molar-refractivity contribution in [2.24, 2.45) is 0 Å². The average molecular weight is 231 g/mol. The molecule has 3 nitrogen and oxygen atoms in total. The maximum Gasteiger partial charge on any atom is 0.338 e. The SMILES string of the molecule is CNCCC#Cc1cccc(C(=O)OC)c1C. The molecule has 0 aliphatic heterocycles. The summed E-state index contributed by atoms with van der Waals surface area (Å²) in [7, 11) is 3.28. The molecule has 0 radical (unpaired) electrons. The molecule has 1 aromatic rings. The van der Waals surface area contributed by atoms with Crippen molar-refractivity contribution in [3.63, 3.8) is 0 Å². The molecule has 0 spiro atoms. The van der Waals surface area contributed by atoms with Gasteiger partial charge in [-0.3, -0.25) is 0 Å². The quantitative estimate of drug-likeness (QED) is 0.489. The highest BCUT2D eigenvalue weighted by atomic mass is 16.5. The van der Waals surface area contributed by atoms with Crippen molar-refractivity contribution in [1.82, 2.24) is 5.32 Å². The average Bonchev–Trinajstić information content (AvgIpc) is 2.35. The van der Waals surface area contributed by atoms with Crippen LogP contribution in [0, 0.1) is 18.8 Å². The molecule has 0 aromatic heterocycles. The Labute approximate surface area is 102 Å². The van der Waals surface area contributed by atoms with Gasteiger partial charge < -0.3 is 10.1 Å². The van der Waals surface area contributed by atoms with E-state index < -0.39 is 0 Å². The van der Waals surface area contributed by atoms with Crippen LogP contribution in [0.3, 0.4) is 0 Å². The second kappa shape index (κ2) is 6.72. The van der Waals surface area contributed by atoms with Gasteiger partial charge >= 0.3 is 5.97 Å². The summed E-state index contributed by atoms with van der Waals surface area (Å²) in [4.78, 5) is 11.5. The van der Waals surface area contributed by atoms with Gasteiger partial charge in [-0.25, -0.2) is 4.79 Å². The maximum atomic E-state index is 11.5. The van der Waals surface area contributed by atoms with Gasteiger partial charge in [0.15, 0.2) is 0 Å². The molecule has 0 atom stereocenters. The van der Waals surface area contributed by atoms with Crippen LogP contribution in [0.2, 0.25) is 0 Å². The van der Waals surface area contributed by atoms with E-state index in [1.807, 2.05) is 26.1 Å². The van der Waals surface area contributed by atoms with Crippen LogP contribution in [0.5, 0.6) is 0 Å². The number of hydrogen-bond donors (Lipinski definition) is 1. The molecule has 1 N–H and O–H groups in total. The van der Waals surface area contributed by atoms with Crippen LogP contribution in [-0.2, 0) is 4.74 Å². The van der Waals surface area contributed by atoms with Gasteiger partial charge in [0.1, 0.15) is 0 Å². The minimum atomic E-state index is -0.318. The summed E-state index contributed by atoms with van der Waals surface area (Å²) in [5.74, 6) is 5.81. The van der Waals surface area contributed by atoms with Crippen molar-refractivity contribution in [1.29, 1.82) is 0 Å². The van der Waals surface area contributed by atoms with Gasteiger partial charge in [-0.1, -0.05) is 17.9 Å². The van der Waals surface area contributed by atoms with E-state index in [1.165, 1.54) is 7.11 Å². The Morgan fingerprint density at radius 2 is 2.24 bits per heavy atom. The van der Waals surface area contributed by atoms with Gasteiger partial charge in [0.25, 0.3) is 0 Å². The molecule has 17 heavy (non-hydrogen) atoms. The molecular weight excluding hydrogens is 214 g/mol. The first-order valence-electron chi connectivity index (χ1n) is 5.52. The predicted octanol–water partition coefficient (Wildman–Crippen LogP) is 1.74. The fourth-order valence-corrected chi connectivity index (χ4v) is 1.45. The maximum absolute atomic E-state index is 11.5. The zero-order chi connectivity index (χ0) is 12.7. The number of carbonyl (C=O) groups excluding carboxylic acids is 1. The van der Waals surface area contributed by atoms with Crippen LogP contribution < -0.4 is 5.32 Å². The predicted molar refractivity (Wildman–Crippen MR) is 67.9 cm³/mol. The summed E-state index contributed by atoms with van der Waals surface area (Å²) in [5.41, 5.74) is 2.33. The number of hydrogen-bond acceptors (Lipinski definition) is 3. The van der Waals surface area contributed by atoms with Crippen molar-refractivity contribution in [3.8, 4) is 11.8 Å². The van der Waals surface area contributed by atoms with Crippen LogP contribution in [0.1, 0.15) is 27.9 Å². The van der Waals surface area contributed by atoms with Gasteiger partial charge in [-0.2, -0.15) is 0 Å². The van der Waals surface area contributed by atoms with E-state index in [4.69, 9.17) is 4.74 Å². The van der Waals surface area contributed by atoms with E-state index in [0.717, 1.165) is 24.1 Å². The number of methoxy groups -OCH3 is 1. The normalized spacial score (nSPS) is 9.35. The van der Waals surface area contributed by atoms with Gasteiger partial charge in [-0.05, 0) is 31.7 Å². The second-order valence-corrected chi connectivity index (χ2v) is 3.63. The van der Waals surface area contributed by atoms with Crippen LogP contribution in [-0.4, -0.2) is 26.7 Å². The van der Waals surface area contributed by atoms with E-state index in [1.54, 1.807) is 6.07 Å². The molecule has 0 saturated carbocycles. The summed E-state index contributed by atoms with van der Waals surface area (Å²) in [6.07, 6.45) is 0.790. The van der Waals surface area contributed by atoms with E-state index in [0.29, 0.717) is 5.56 Å². The Morgan fingerprint density at radius 3 is 2.88 bits per heavy atom. The largest absolute Gasteiger partial charge is 0.465 e. The lowest BCUT2D eigenvalue weighted by Crippen LogP contribution is -2.06. The lowest BCUT2D eigenvalue weighted by atomic mass is 10.0.